The summed E-state index contributed by atoms with van der Waals surface area (Å²) in [6, 6.07) is 9.41. The maximum atomic E-state index is 5.31. The third kappa shape index (κ3) is 3.73. The molecule has 1 aromatic carbocycles. The van der Waals surface area contributed by atoms with Crippen LogP contribution in [0.4, 0.5) is 0 Å². The molecule has 1 aromatic rings. The highest BCUT2D eigenvalue weighted by molar-refractivity contribution is 5.30. The fourth-order valence-corrected chi connectivity index (χ4v) is 3.09. The summed E-state index contributed by atoms with van der Waals surface area (Å²) in [5.74, 6) is 2.58. The van der Waals surface area contributed by atoms with Crippen molar-refractivity contribution in [2.45, 2.75) is 52.1 Å². The maximum absolute atomic E-state index is 5.31. The van der Waals surface area contributed by atoms with E-state index in [4.69, 9.17) is 4.74 Å². The Morgan fingerprint density at radius 2 is 2.05 bits per heavy atom. The highest BCUT2D eigenvalue weighted by atomic mass is 16.5. The van der Waals surface area contributed by atoms with Crippen LogP contribution in [0.15, 0.2) is 24.3 Å². The molecule has 19 heavy (non-hydrogen) atoms. The standard InChI is InChI=1S/C17H27NO/c1-12-8-9-13(2)17(10-12)18-14(3)15-6-5-7-16(11-15)19-4/h5-7,11-14,17-18H,8-10H2,1-4H3/t12?,13?,14-,17?/m0/s1. The second kappa shape index (κ2) is 6.42. The van der Waals surface area contributed by atoms with Crippen LogP contribution in [0.5, 0.6) is 5.75 Å². The van der Waals surface area contributed by atoms with Gasteiger partial charge in [-0.05, 0) is 49.3 Å². The Bertz CT molecular complexity index is 404. The van der Waals surface area contributed by atoms with Crippen LogP contribution in [0.3, 0.4) is 0 Å². The van der Waals surface area contributed by atoms with E-state index in [0.29, 0.717) is 12.1 Å². The lowest BCUT2D eigenvalue weighted by Gasteiger charge is -2.35. The van der Waals surface area contributed by atoms with Gasteiger partial charge in [-0.1, -0.05) is 32.4 Å². The van der Waals surface area contributed by atoms with Gasteiger partial charge in [-0.3, -0.25) is 0 Å². The molecule has 0 aliphatic heterocycles. The quantitative estimate of drug-likeness (QED) is 0.878. The van der Waals surface area contributed by atoms with Crippen molar-refractivity contribution in [1.82, 2.24) is 5.32 Å². The zero-order valence-electron chi connectivity index (χ0n) is 12.6. The molecular weight excluding hydrogens is 234 g/mol. The second-order valence-corrected chi connectivity index (χ2v) is 6.17. The van der Waals surface area contributed by atoms with E-state index in [2.05, 4.69) is 44.3 Å². The lowest BCUT2D eigenvalue weighted by molar-refractivity contribution is 0.216. The molecule has 0 radical (unpaired) electrons. The van der Waals surface area contributed by atoms with Gasteiger partial charge in [0.05, 0.1) is 7.11 Å². The number of hydrogen-bond donors (Lipinski definition) is 1. The van der Waals surface area contributed by atoms with Crippen LogP contribution in [0.2, 0.25) is 0 Å². The predicted octanol–water partition coefficient (Wildman–Crippen LogP) is 4.17. The monoisotopic (exact) mass is 261 g/mol. The van der Waals surface area contributed by atoms with Crippen LogP contribution in [0.1, 0.15) is 51.6 Å². The molecule has 0 aromatic heterocycles. The third-order valence-electron chi connectivity index (χ3n) is 4.52. The van der Waals surface area contributed by atoms with Crippen LogP contribution < -0.4 is 10.1 Å². The van der Waals surface area contributed by atoms with Crippen LogP contribution in [-0.2, 0) is 0 Å². The van der Waals surface area contributed by atoms with Crippen molar-refractivity contribution in [2.24, 2.45) is 11.8 Å². The largest absolute Gasteiger partial charge is 0.497 e. The van der Waals surface area contributed by atoms with E-state index in [0.717, 1.165) is 17.6 Å². The van der Waals surface area contributed by atoms with Crippen LogP contribution in [0.25, 0.3) is 0 Å². The van der Waals surface area contributed by atoms with Crippen molar-refractivity contribution in [1.29, 1.82) is 0 Å². The van der Waals surface area contributed by atoms with Crippen LogP contribution >= 0.6 is 0 Å². The minimum absolute atomic E-state index is 0.382. The van der Waals surface area contributed by atoms with Crippen LogP contribution in [-0.4, -0.2) is 13.2 Å². The Balaban J connectivity index is 2.01. The molecule has 3 unspecified atom stereocenters. The predicted molar refractivity (Wildman–Crippen MR) is 80.5 cm³/mol. The van der Waals surface area contributed by atoms with E-state index in [1.807, 2.05) is 6.07 Å². The van der Waals surface area contributed by atoms with Gasteiger partial charge >= 0.3 is 0 Å². The van der Waals surface area contributed by atoms with Crippen molar-refractivity contribution in [3.8, 4) is 5.75 Å². The highest BCUT2D eigenvalue weighted by Crippen LogP contribution is 2.30. The minimum Gasteiger partial charge on any atom is -0.497 e. The lowest BCUT2D eigenvalue weighted by Crippen LogP contribution is -2.40. The van der Waals surface area contributed by atoms with E-state index < -0.39 is 0 Å². The molecule has 2 rings (SSSR count). The molecule has 0 spiro atoms. The summed E-state index contributed by atoms with van der Waals surface area (Å²) in [5.41, 5.74) is 1.31. The molecule has 2 nitrogen and oxygen atoms in total. The molecule has 2 heteroatoms. The lowest BCUT2D eigenvalue weighted by atomic mass is 9.79. The molecule has 1 saturated carbocycles. The van der Waals surface area contributed by atoms with Crippen molar-refractivity contribution in [3.63, 3.8) is 0 Å². The van der Waals surface area contributed by atoms with Gasteiger partial charge in [0.25, 0.3) is 0 Å². The zero-order valence-corrected chi connectivity index (χ0v) is 12.6. The van der Waals surface area contributed by atoms with E-state index in [9.17, 15) is 0 Å². The van der Waals surface area contributed by atoms with E-state index >= 15 is 0 Å². The summed E-state index contributed by atoms with van der Waals surface area (Å²) in [6.07, 6.45) is 4.03. The number of ether oxygens (including phenoxy) is 1. The first-order chi connectivity index (χ1) is 9.10. The topological polar surface area (TPSA) is 21.3 Å². The minimum atomic E-state index is 0.382. The van der Waals surface area contributed by atoms with Gasteiger partial charge in [0.2, 0.25) is 0 Å². The molecule has 0 heterocycles. The average molecular weight is 261 g/mol. The first-order valence-corrected chi connectivity index (χ1v) is 7.50. The van der Waals surface area contributed by atoms with E-state index in [-0.39, 0.29) is 0 Å². The maximum Gasteiger partial charge on any atom is 0.119 e. The molecule has 1 N–H and O–H groups in total. The Hall–Kier alpha value is -1.02. The second-order valence-electron chi connectivity index (χ2n) is 6.17. The Labute approximate surface area is 117 Å². The number of rotatable bonds is 4. The molecular formula is C17H27NO. The van der Waals surface area contributed by atoms with Crippen molar-refractivity contribution >= 4 is 0 Å². The molecule has 1 fully saturated rings. The van der Waals surface area contributed by atoms with Gasteiger partial charge in [0.15, 0.2) is 0 Å². The average Bonchev–Trinajstić information content (AvgIpc) is 2.43. The normalized spacial score (nSPS) is 28.9. The summed E-state index contributed by atoms with van der Waals surface area (Å²) in [5, 5.41) is 3.81. The van der Waals surface area contributed by atoms with Gasteiger partial charge in [-0.2, -0.15) is 0 Å². The molecule has 1 aliphatic rings. The Kier molecular flexibility index (Phi) is 4.87. The first-order valence-electron chi connectivity index (χ1n) is 7.50. The molecule has 0 saturated heterocycles. The summed E-state index contributed by atoms with van der Waals surface area (Å²) < 4.78 is 5.31. The SMILES string of the molecule is COc1cccc([C@H](C)NC2CC(C)CCC2C)c1. The highest BCUT2D eigenvalue weighted by Gasteiger charge is 2.26. The Morgan fingerprint density at radius 1 is 1.26 bits per heavy atom. The van der Waals surface area contributed by atoms with E-state index in [1.165, 1.54) is 24.8 Å². The smallest absolute Gasteiger partial charge is 0.119 e. The summed E-state index contributed by atoms with van der Waals surface area (Å²) >= 11 is 0. The molecule has 0 amide bonds. The third-order valence-corrected chi connectivity index (χ3v) is 4.52. The molecule has 0 bridgehead atoms. The van der Waals surface area contributed by atoms with E-state index in [1.54, 1.807) is 7.11 Å². The number of hydrogen-bond acceptors (Lipinski definition) is 2. The zero-order chi connectivity index (χ0) is 13.8. The van der Waals surface area contributed by atoms with Gasteiger partial charge in [0.1, 0.15) is 5.75 Å². The summed E-state index contributed by atoms with van der Waals surface area (Å²) in [7, 11) is 1.72. The van der Waals surface area contributed by atoms with Crippen molar-refractivity contribution in [3.05, 3.63) is 29.8 Å². The van der Waals surface area contributed by atoms with Gasteiger partial charge in [-0.25, -0.2) is 0 Å². The fourth-order valence-electron chi connectivity index (χ4n) is 3.09. The summed E-state index contributed by atoms with van der Waals surface area (Å²) in [6.45, 7) is 7.00. The number of methoxy groups -OCH3 is 1. The van der Waals surface area contributed by atoms with Gasteiger partial charge in [-0.15, -0.1) is 0 Å². The molecule has 1 aliphatic carbocycles. The Morgan fingerprint density at radius 3 is 2.79 bits per heavy atom. The fraction of sp³-hybridized carbons (Fsp3) is 0.647. The van der Waals surface area contributed by atoms with Crippen molar-refractivity contribution < 1.29 is 4.74 Å². The summed E-state index contributed by atoms with van der Waals surface area (Å²) in [4.78, 5) is 0. The van der Waals surface area contributed by atoms with Gasteiger partial charge in [0, 0.05) is 12.1 Å². The number of benzene rings is 1. The number of nitrogens with one attached hydrogen (secondary N) is 1. The van der Waals surface area contributed by atoms with Crippen LogP contribution in [0, 0.1) is 11.8 Å². The molecule has 4 atom stereocenters. The molecule has 106 valence electrons. The first kappa shape index (κ1) is 14.4. The van der Waals surface area contributed by atoms with Crippen molar-refractivity contribution in [2.75, 3.05) is 7.11 Å². The van der Waals surface area contributed by atoms with Gasteiger partial charge < -0.3 is 10.1 Å².